The molecule has 0 saturated heterocycles. The maximum atomic E-state index is 6.22. The molecule has 0 heterocycles. The van der Waals surface area contributed by atoms with Crippen LogP contribution in [0.1, 0.15) is 53.2 Å². The van der Waals surface area contributed by atoms with Gasteiger partial charge in [0.05, 0.1) is 19.8 Å². The average molecular weight is 264 g/mol. The second-order valence-electron chi connectivity index (χ2n) is 7.36. The molecule has 0 radical (unpaired) electrons. The Labute approximate surface area is 118 Å². The topological polar surface area (TPSA) is 18.5 Å². The molecule has 1 atom stereocenters. The fourth-order valence-corrected chi connectivity index (χ4v) is 2.02. The molecule has 19 heavy (non-hydrogen) atoms. The van der Waals surface area contributed by atoms with Crippen LogP contribution in [0, 0.1) is 10.8 Å². The summed E-state index contributed by atoms with van der Waals surface area (Å²) in [6, 6.07) is 8.12. The molecule has 1 rings (SSSR count). The first-order valence-corrected chi connectivity index (χ1v) is 6.90. The first-order chi connectivity index (χ1) is 8.65. The lowest BCUT2D eigenvalue weighted by atomic mass is 9.84. The van der Waals surface area contributed by atoms with E-state index in [4.69, 9.17) is 9.47 Å². The van der Waals surface area contributed by atoms with E-state index in [2.05, 4.69) is 47.6 Å². The molecule has 0 aromatic heterocycles. The molecule has 0 aliphatic heterocycles. The van der Waals surface area contributed by atoms with Crippen LogP contribution in [0.5, 0.6) is 5.75 Å². The maximum Gasteiger partial charge on any atom is 0.124 e. The molecule has 1 aromatic carbocycles. The summed E-state index contributed by atoms with van der Waals surface area (Å²) in [6.45, 7) is 13.9. The van der Waals surface area contributed by atoms with Crippen molar-refractivity contribution < 1.29 is 9.47 Å². The predicted molar refractivity (Wildman–Crippen MR) is 80.6 cm³/mol. The zero-order chi connectivity index (χ0) is 14.7. The van der Waals surface area contributed by atoms with Gasteiger partial charge in [-0.05, 0) is 16.9 Å². The number of rotatable bonds is 4. The van der Waals surface area contributed by atoms with Gasteiger partial charge >= 0.3 is 0 Å². The van der Waals surface area contributed by atoms with Crippen LogP contribution in [0.15, 0.2) is 24.3 Å². The quantitative estimate of drug-likeness (QED) is 0.774. The van der Waals surface area contributed by atoms with E-state index < -0.39 is 0 Å². The summed E-state index contributed by atoms with van der Waals surface area (Å²) >= 11 is 0. The van der Waals surface area contributed by atoms with Gasteiger partial charge in [-0.1, -0.05) is 59.7 Å². The van der Waals surface area contributed by atoms with Crippen molar-refractivity contribution in [1.29, 1.82) is 0 Å². The van der Waals surface area contributed by atoms with Crippen molar-refractivity contribution in [2.24, 2.45) is 10.8 Å². The van der Waals surface area contributed by atoms with Crippen LogP contribution < -0.4 is 4.74 Å². The maximum absolute atomic E-state index is 6.22. The van der Waals surface area contributed by atoms with Gasteiger partial charge in [0, 0.05) is 5.56 Å². The molecule has 2 nitrogen and oxygen atoms in total. The summed E-state index contributed by atoms with van der Waals surface area (Å²) in [5.41, 5.74) is 1.31. The molecule has 108 valence electrons. The van der Waals surface area contributed by atoms with Crippen molar-refractivity contribution in [1.82, 2.24) is 0 Å². The van der Waals surface area contributed by atoms with Crippen LogP contribution in [-0.2, 0) is 4.74 Å². The Bertz CT molecular complexity index is 396. The third-order valence-electron chi connectivity index (χ3n) is 2.89. The van der Waals surface area contributed by atoms with Gasteiger partial charge in [0.2, 0.25) is 0 Å². The highest BCUT2D eigenvalue weighted by atomic mass is 16.5. The molecular formula is C17H28O2. The number of hydrogen-bond donors (Lipinski definition) is 0. The lowest BCUT2D eigenvalue weighted by molar-refractivity contribution is -0.0505. The molecule has 0 saturated carbocycles. The summed E-state index contributed by atoms with van der Waals surface area (Å²) in [7, 11) is 1.71. The Balaban J connectivity index is 3.04. The monoisotopic (exact) mass is 264 g/mol. The van der Waals surface area contributed by atoms with E-state index in [0.717, 1.165) is 17.9 Å². The van der Waals surface area contributed by atoms with Crippen molar-refractivity contribution in [2.75, 3.05) is 13.7 Å². The molecule has 0 N–H and O–H groups in total. The molecule has 0 aliphatic carbocycles. The van der Waals surface area contributed by atoms with Crippen LogP contribution >= 0.6 is 0 Å². The first-order valence-electron chi connectivity index (χ1n) is 6.90. The SMILES string of the molecule is COc1ccccc1C(OCC(C)(C)C)C(C)(C)C. The van der Waals surface area contributed by atoms with E-state index in [-0.39, 0.29) is 16.9 Å². The van der Waals surface area contributed by atoms with E-state index in [9.17, 15) is 0 Å². The first kappa shape index (κ1) is 16.0. The zero-order valence-corrected chi connectivity index (χ0v) is 13.4. The van der Waals surface area contributed by atoms with Gasteiger partial charge in [-0.25, -0.2) is 0 Å². The smallest absolute Gasteiger partial charge is 0.124 e. The normalized spacial score (nSPS) is 14.3. The van der Waals surface area contributed by atoms with Crippen molar-refractivity contribution in [3.63, 3.8) is 0 Å². The van der Waals surface area contributed by atoms with E-state index in [1.165, 1.54) is 0 Å². The molecule has 0 amide bonds. The van der Waals surface area contributed by atoms with E-state index >= 15 is 0 Å². The van der Waals surface area contributed by atoms with Crippen LogP contribution in [0.2, 0.25) is 0 Å². The highest BCUT2D eigenvalue weighted by molar-refractivity contribution is 5.36. The highest BCUT2D eigenvalue weighted by Crippen LogP contribution is 2.40. The Morgan fingerprint density at radius 1 is 1.00 bits per heavy atom. The fraction of sp³-hybridized carbons (Fsp3) is 0.647. The van der Waals surface area contributed by atoms with Crippen LogP contribution in [0.4, 0.5) is 0 Å². The summed E-state index contributed by atoms with van der Waals surface area (Å²) < 4.78 is 11.7. The number of ether oxygens (including phenoxy) is 2. The molecule has 0 aliphatic rings. The van der Waals surface area contributed by atoms with Gasteiger partial charge in [0.1, 0.15) is 5.75 Å². The highest BCUT2D eigenvalue weighted by Gasteiger charge is 2.30. The molecule has 2 heteroatoms. The Morgan fingerprint density at radius 2 is 1.58 bits per heavy atom. The van der Waals surface area contributed by atoms with Crippen molar-refractivity contribution in [3.8, 4) is 5.75 Å². The lowest BCUT2D eigenvalue weighted by Crippen LogP contribution is -2.26. The summed E-state index contributed by atoms with van der Waals surface area (Å²) in [5.74, 6) is 0.899. The molecule has 0 spiro atoms. The Kier molecular flexibility index (Phi) is 5.03. The molecule has 0 fully saturated rings. The van der Waals surface area contributed by atoms with E-state index in [1.807, 2.05) is 18.2 Å². The minimum Gasteiger partial charge on any atom is -0.496 e. The summed E-state index contributed by atoms with van der Waals surface area (Å²) in [5, 5.41) is 0. The molecular weight excluding hydrogens is 236 g/mol. The minimum atomic E-state index is 0.0277. The van der Waals surface area contributed by atoms with E-state index in [0.29, 0.717) is 0 Å². The number of para-hydroxylation sites is 1. The van der Waals surface area contributed by atoms with Crippen LogP contribution in [0.25, 0.3) is 0 Å². The standard InChI is InChI=1S/C17H28O2/c1-16(2,3)12-19-15(17(4,5)6)13-10-8-9-11-14(13)18-7/h8-11,15H,12H2,1-7H3. The number of methoxy groups -OCH3 is 1. The van der Waals surface area contributed by atoms with Crippen LogP contribution in [0.3, 0.4) is 0 Å². The predicted octanol–water partition coefficient (Wildman–Crippen LogP) is 4.85. The summed E-state index contributed by atoms with van der Waals surface area (Å²) in [6.07, 6.45) is 0.0304. The third kappa shape index (κ3) is 4.87. The molecule has 0 bridgehead atoms. The van der Waals surface area contributed by atoms with Gasteiger partial charge in [-0.15, -0.1) is 0 Å². The van der Waals surface area contributed by atoms with Crippen LogP contribution in [-0.4, -0.2) is 13.7 Å². The third-order valence-corrected chi connectivity index (χ3v) is 2.89. The number of benzene rings is 1. The zero-order valence-electron chi connectivity index (χ0n) is 13.4. The summed E-state index contributed by atoms with van der Waals surface area (Å²) in [4.78, 5) is 0. The van der Waals surface area contributed by atoms with Crippen molar-refractivity contribution in [2.45, 2.75) is 47.6 Å². The van der Waals surface area contributed by atoms with Crippen molar-refractivity contribution >= 4 is 0 Å². The largest absolute Gasteiger partial charge is 0.496 e. The van der Waals surface area contributed by atoms with Gasteiger partial charge in [0.15, 0.2) is 0 Å². The van der Waals surface area contributed by atoms with Gasteiger partial charge in [-0.3, -0.25) is 0 Å². The van der Waals surface area contributed by atoms with Gasteiger partial charge < -0.3 is 9.47 Å². The second kappa shape index (κ2) is 5.96. The minimum absolute atomic E-state index is 0.0277. The van der Waals surface area contributed by atoms with Gasteiger partial charge in [-0.2, -0.15) is 0 Å². The van der Waals surface area contributed by atoms with Gasteiger partial charge in [0.25, 0.3) is 0 Å². The van der Waals surface area contributed by atoms with E-state index in [1.54, 1.807) is 7.11 Å². The van der Waals surface area contributed by atoms with Crippen molar-refractivity contribution in [3.05, 3.63) is 29.8 Å². The second-order valence-corrected chi connectivity index (χ2v) is 7.36. The fourth-order valence-electron chi connectivity index (χ4n) is 2.02. The number of hydrogen-bond acceptors (Lipinski definition) is 2. The Morgan fingerprint density at radius 3 is 2.05 bits per heavy atom. The molecule has 1 unspecified atom stereocenters. The lowest BCUT2D eigenvalue weighted by Gasteiger charge is -2.34. The Hall–Kier alpha value is -1.02. The average Bonchev–Trinajstić information content (AvgIpc) is 2.26. The molecule has 1 aromatic rings.